The van der Waals surface area contributed by atoms with Gasteiger partial charge in [-0.25, -0.2) is 33.1 Å². The molecule has 5 N–H and O–H groups in total. The van der Waals surface area contributed by atoms with Crippen molar-refractivity contribution in [1.82, 2.24) is 60.2 Å². The van der Waals surface area contributed by atoms with E-state index in [1.807, 2.05) is 106 Å². The first kappa shape index (κ1) is 61.8. The van der Waals surface area contributed by atoms with E-state index in [0.29, 0.717) is 66.2 Å². The number of nitrogens with one attached hydrogen (secondary N) is 4. The third kappa shape index (κ3) is 13.8. The Hall–Kier alpha value is -8.26. The summed E-state index contributed by atoms with van der Waals surface area (Å²) in [5, 5.41) is 34.3. The predicted octanol–water partition coefficient (Wildman–Crippen LogP) is 9.05. The SMILES string of the molecule is Cc1cc(N(C)c2ccc(-c3cnn(CC(C)(C)C)c3C)c(C(=O)NS(=O)(=O)c3ccc(N4CCC(C(=O)N[C@H](C(=O)N5C[C@H](O)C[C@H]5C(=O)N[C@@H](C)c5ccc(-c6scnc6C)cc5)C(C)(C)C)CC4)cc3)n2)nnc1Nc1nc2cccnc2s1. The van der Waals surface area contributed by atoms with Gasteiger partial charge in [-0.3, -0.25) is 23.9 Å². The number of aromatic nitrogens is 8. The minimum Gasteiger partial charge on any atom is -0.391 e. The first-order chi connectivity index (χ1) is 41.2. The number of carbonyl (C=O) groups excluding carboxylic acids is 4. The van der Waals surface area contributed by atoms with E-state index in [1.54, 1.807) is 59.9 Å². The molecule has 8 heterocycles. The predicted molar refractivity (Wildman–Crippen MR) is 338 cm³/mol. The molecule has 0 spiro atoms. The lowest BCUT2D eigenvalue weighted by Gasteiger charge is -2.38. The summed E-state index contributed by atoms with van der Waals surface area (Å²) in [4.78, 5) is 81.9. The molecule has 2 aromatic carbocycles. The number of β-amino-alcohol motifs (C(OH)–C–C–N with tert-alkyl or cyclic N) is 1. The van der Waals surface area contributed by atoms with Gasteiger partial charge < -0.3 is 35.8 Å². The molecule has 0 unspecified atom stereocenters. The number of aliphatic hydroxyl groups excluding tert-OH is 1. The lowest BCUT2D eigenvalue weighted by atomic mass is 9.84. The Labute approximate surface area is 514 Å². The van der Waals surface area contributed by atoms with Crippen LogP contribution in [-0.2, 0) is 31.0 Å². The molecule has 2 aliphatic heterocycles. The fraction of sp³-hybridized carbons (Fsp3) is 0.403. The number of piperidine rings is 1. The fourth-order valence-electron chi connectivity index (χ4n) is 10.9. The van der Waals surface area contributed by atoms with Crippen molar-refractivity contribution < 1.29 is 32.7 Å². The van der Waals surface area contributed by atoms with Crippen molar-refractivity contribution in [3.63, 3.8) is 0 Å². The molecule has 4 atom stereocenters. The molecule has 8 aromatic rings. The second-order valence-corrected chi connectivity index (χ2v) is 28.2. The molecular formula is C62H73N15O7S3. The zero-order valence-electron chi connectivity index (χ0n) is 50.6. The quantitative estimate of drug-likeness (QED) is 0.0568. The van der Waals surface area contributed by atoms with Crippen LogP contribution in [0.4, 0.5) is 28.3 Å². The van der Waals surface area contributed by atoms with Gasteiger partial charge in [-0.1, -0.05) is 77.1 Å². The number of nitrogens with zero attached hydrogens (tertiary/aromatic N) is 11. The average Bonchev–Trinajstić information content (AvgIpc) is 2.13. The molecule has 10 rings (SSSR count). The topological polar surface area (TPSA) is 276 Å². The van der Waals surface area contributed by atoms with Crippen LogP contribution < -0.4 is 30.5 Å². The molecular weight excluding hydrogens is 1160 g/mol. The van der Waals surface area contributed by atoms with Crippen molar-refractivity contribution in [2.24, 2.45) is 16.7 Å². The normalized spacial score (nSPS) is 16.6. The monoisotopic (exact) mass is 1240 g/mol. The highest BCUT2D eigenvalue weighted by Gasteiger charge is 2.45. The number of carbonyl (C=O) groups is 4. The minimum absolute atomic E-state index is 0.0474. The summed E-state index contributed by atoms with van der Waals surface area (Å²) in [5.41, 5.74) is 7.65. The Morgan fingerprint density at radius 2 is 1.57 bits per heavy atom. The number of pyridine rings is 2. The lowest BCUT2D eigenvalue weighted by Crippen LogP contribution is -2.59. The van der Waals surface area contributed by atoms with Gasteiger partial charge in [-0.15, -0.1) is 21.5 Å². The van der Waals surface area contributed by atoms with Gasteiger partial charge in [-0.05, 0) is 123 Å². The van der Waals surface area contributed by atoms with Crippen molar-refractivity contribution in [3.8, 4) is 21.6 Å². The van der Waals surface area contributed by atoms with Crippen molar-refractivity contribution >= 4 is 94.9 Å². The summed E-state index contributed by atoms with van der Waals surface area (Å²) in [5.74, 6) is -1.31. The van der Waals surface area contributed by atoms with Crippen LogP contribution in [0.25, 0.3) is 31.9 Å². The van der Waals surface area contributed by atoms with Crippen molar-refractivity contribution in [2.75, 3.05) is 41.8 Å². The number of aliphatic hydroxyl groups is 1. The van der Waals surface area contributed by atoms with E-state index in [0.717, 1.165) is 49.0 Å². The van der Waals surface area contributed by atoms with Gasteiger partial charge in [0.1, 0.15) is 33.9 Å². The van der Waals surface area contributed by atoms with E-state index >= 15 is 0 Å². The zero-order valence-corrected chi connectivity index (χ0v) is 53.1. The van der Waals surface area contributed by atoms with Crippen LogP contribution in [0.1, 0.15) is 107 Å². The Bertz CT molecular complexity index is 3940. The number of likely N-dealkylation sites (tertiary alicyclic amines) is 1. The molecule has 0 bridgehead atoms. The molecule has 6 aromatic heterocycles. The Kier molecular flexibility index (Phi) is 17.7. The third-order valence-electron chi connectivity index (χ3n) is 15.8. The van der Waals surface area contributed by atoms with E-state index in [2.05, 4.69) is 71.7 Å². The smallest absolute Gasteiger partial charge is 0.284 e. The molecule has 2 saturated heterocycles. The molecule has 0 saturated carbocycles. The van der Waals surface area contributed by atoms with E-state index in [1.165, 1.54) is 28.4 Å². The van der Waals surface area contributed by atoms with Crippen LogP contribution in [0.5, 0.6) is 0 Å². The Morgan fingerprint density at radius 1 is 0.851 bits per heavy atom. The number of thiazole rings is 2. The van der Waals surface area contributed by atoms with Crippen LogP contribution in [0.2, 0.25) is 0 Å². The summed E-state index contributed by atoms with van der Waals surface area (Å²) >= 11 is 2.95. The van der Waals surface area contributed by atoms with Gasteiger partial charge in [0.15, 0.2) is 16.8 Å². The molecule has 4 amide bonds. The van der Waals surface area contributed by atoms with Crippen LogP contribution in [0.3, 0.4) is 0 Å². The molecule has 2 aliphatic rings. The maximum atomic E-state index is 14.5. The molecule has 87 heavy (non-hydrogen) atoms. The fourth-order valence-corrected chi connectivity index (χ4v) is 13.5. The Balaban J connectivity index is 0.785. The van der Waals surface area contributed by atoms with Gasteiger partial charge in [-0.2, -0.15) is 5.10 Å². The molecule has 2 fully saturated rings. The first-order valence-corrected chi connectivity index (χ1v) is 32.0. The number of anilines is 5. The third-order valence-corrected chi connectivity index (χ3v) is 19.0. The molecule has 0 aliphatic carbocycles. The second-order valence-electron chi connectivity index (χ2n) is 24.7. The summed E-state index contributed by atoms with van der Waals surface area (Å²) in [7, 11) is -2.73. The summed E-state index contributed by atoms with van der Waals surface area (Å²) < 4.78 is 32.4. The van der Waals surface area contributed by atoms with Crippen molar-refractivity contribution in [3.05, 3.63) is 125 Å². The van der Waals surface area contributed by atoms with Gasteiger partial charge in [0, 0.05) is 74.3 Å². The molecule has 22 nitrogen and oxygen atoms in total. The number of sulfonamides is 1. The van der Waals surface area contributed by atoms with E-state index in [-0.39, 0.29) is 46.8 Å². The van der Waals surface area contributed by atoms with Crippen LogP contribution in [0, 0.1) is 37.5 Å². The Morgan fingerprint density at radius 3 is 2.23 bits per heavy atom. The highest BCUT2D eigenvalue weighted by atomic mass is 32.2. The molecule has 25 heteroatoms. The van der Waals surface area contributed by atoms with Crippen LogP contribution in [0.15, 0.2) is 102 Å². The number of hydrogen-bond acceptors (Lipinski definition) is 19. The van der Waals surface area contributed by atoms with Crippen molar-refractivity contribution in [2.45, 2.75) is 124 Å². The van der Waals surface area contributed by atoms with E-state index in [9.17, 15) is 32.7 Å². The van der Waals surface area contributed by atoms with Crippen LogP contribution in [-0.4, -0.2) is 127 Å². The number of benzene rings is 2. The summed E-state index contributed by atoms with van der Waals surface area (Å²) in [6.07, 6.45) is 3.40. The maximum Gasteiger partial charge on any atom is 0.284 e. The summed E-state index contributed by atoms with van der Waals surface area (Å²) in [6.45, 7) is 20.9. The number of amides is 4. The summed E-state index contributed by atoms with van der Waals surface area (Å²) in [6, 6.07) is 20.8. The van der Waals surface area contributed by atoms with Gasteiger partial charge in [0.05, 0.1) is 39.3 Å². The van der Waals surface area contributed by atoms with Gasteiger partial charge in [0.25, 0.3) is 15.9 Å². The van der Waals surface area contributed by atoms with Crippen molar-refractivity contribution in [1.29, 1.82) is 0 Å². The number of aryl methyl sites for hydroxylation is 2. The largest absolute Gasteiger partial charge is 0.391 e. The minimum atomic E-state index is -4.46. The first-order valence-electron chi connectivity index (χ1n) is 28.8. The van der Waals surface area contributed by atoms with Gasteiger partial charge in [0.2, 0.25) is 17.7 Å². The van der Waals surface area contributed by atoms with E-state index < -0.39 is 51.4 Å². The maximum absolute atomic E-state index is 14.5. The average molecular weight is 1240 g/mol. The second kappa shape index (κ2) is 24.8. The van der Waals surface area contributed by atoms with E-state index in [4.69, 9.17) is 4.98 Å². The number of fused-ring (bicyclic) bond motifs is 1. The van der Waals surface area contributed by atoms with Gasteiger partial charge >= 0.3 is 0 Å². The number of hydrogen-bond donors (Lipinski definition) is 5. The lowest BCUT2D eigenvalue weighted by molar-refractivity contribution is -0.144. The molecule has 0 radical (unpaired) electrons. The molecule has 456 valence electrons. The number of rotatable bonds is 17. The highest BCUT2D eigenvalue weighted by molar-refractivity contribution is 7.90. The zero-order chi connectivity index (χ0) is 62.3. The highest BCUT2D eigenvalue weighted by Crippen LogP contribution is 2.35. The van der Waals surface area contributed by atoms with Crippen LogP contribution >= 0.6 is 22.7 Å². The standard InChI is InChI=1S/C62H73N15O7S3/c1-35-29-50(71-72-54(35)70-60-67-47-13-12-26-63-58(47)86-60)74(11)49-23-22-45(46-31-65-77(38(46)4)33-61(5,6)7)51(68-49)57(81)73-87(83,84)44-20-18-42(19-21-44)75-27-24-41(25-28-75)55(79)69-53(62(8,9)10)59(82)76-32-43(78)30-48(76)56(80)66-36(2)39-14-16-40(17-15-39)52-37(3)64-34-85-52/h12-23,26,29,31,34,36,41,43,48,53,78H,24-25,27-28,30,32-33H2,1-11H3,(H,66,80)(H,69,79)(H,73,81)(H,67,70,72)/t36-,43+,48-,53+/m0/s1.